The first-order valence-electron chi connectivity index (χ1n) is 7.95. The fourth-order valence-electron chi connectivity index (χ4n) is 3.61. The molecule has 2 aromatic carbocycles. The van der Waals surface area contributed by atoms with Gasteiger partial charge in [-0.1, -0.05) is 24.3 Å². The molecule has 0 aliphatic carbocycles. The Labute approximate surface area is 135 Å². The Kier molecular flexibility index (Phi) is 4.09. The van der Waals surface area contributed by atoms with Gasteiger partial charge in [-0.15, -0.1) is 0 Å². The Morgan fingerprint density at radius 1 is 0.783 bits per heavy atom. The normalized spacial score (nSPS) is 27.8. The van der Waals surface area contributed by atoms with Gasteiger partial charge in [0.2, 0.25) is 0 Å². The molecule has 4 N–H and O–H groups in total. The molecule has 3 rings (SSSR count). The molecule has 0 radical (unpaired) electrons. The van der Waals surface area contributed by atoms with Crippen molar-refractivity contribution in [2.24, 2.45) is 11.8 Å². The number of aromatic hydroxyl groups is 2. The van der Waals surface area contributed by atoms with Crippen LogP contribution in [0.25, 0.3) is 0 Å². The fraction of sp³-hybridized carbons (Fsp3) is 0.316. The van der Waals surface area contributed by atoms with Crippen molar-refractivity contribution < 1.29 is 20.3 Å². The summed E-state index contributed by atoms with van der Waals surface area (Å²) in [5.41, 5.74) is 1.53. The summed E-state index contributed by atoms with van der Waals surface area (Å²) in [7, 11) is 0. The Balaban J connectivity index is 2.02. The van der Waals surface area contributed by atoms with Crippen molar-refractivity contribution in [1.29, 1.82) is 0 Å². The molecular weight excluding hydrogens is 290 g/mol. The predicted octanol–water partition coefficient (Wildman–Crippen LogP) is 2.30. The summed E-state index contributed by atoms with van der Waals surface area (Å²) in [4.78, 5) is 12.7. The number of hydrogen-bond acceptors (Lipinski definition) is 3. The number of rotatable bonds is 2. The van der Waals surface area contributed by atoms with Gasteiger partial charge < -0.3 is 15.5 Å². The van der Waals surface area contributed by atoms with Gasteiger partial charge in [-0.25, -0.2) is 0 Å². The third kappa shape index (κ3) is 2.70. The Bertz CT molecular complexity index is 669. The van der Waals surface area contributed by atoms with Gasteiger partial charge in [0.05, 0.1) is 23.0 Å². The molecule has 1 heterocycles. The predicted molar refractivity (Wildman–Crippen MR) is 87.0 cm³/mol. The van der Waals surface area contributed by atoms with Crippen LogP contribution in [0.4, 0.5) is 0 Å². The van der Waals surface area contributed by atoms with Gasteiger partial charge >= 0.3 is 0 Å². The highest BCUT2D eigenvalue weighted by Crippen LogP contribution is 2.37. The van der Waals surface area contributed by atoms with Crippen LogP contribution in [0.15, 0.2) is 48.5 Å². The molecule has 1 fully saturated rings. The zero-order valence-electron chi connectivity index (χ0n) is 13.3. The maximum Gasteiger partial charge on any atom is 0.151 e. The second-order valence-electron chi connectivity index (χ2n) is 6.34. The molecule has 4 atom stereocenters. The summed E-state index contributed by atoms with van der Waals surface area (Å²) < 4.78 is 0. The summed E-state index contributed by atoms with van der Waals surface area (Å²) in [5.74, 6) is 0.188. The molecule has 120 valence electrons. The summed E-state index contributed by atoms with van der Waals surface area (Å²) in [6, 6.07) is 14.0. The van der Waals surface area contributed by atoms with E-state index in [1.165, 1.54) is 0 Å². The maximum absolute atomic E-state index is 12.7. The molecule has 1 aliphatic heterocycles. The minimum absolute atomic E-state index is 0.161. The van der Waals surface area contributed by atoms with E-state index in [4.69, 9.17) is 0 Å². The Hall–Kier alpha value is -2.33. The van der Waals surface area contributed by atoms with E-state index in [2.05, 4.69) is 5.32 Å². The van der Waals surface area contributed by atoms with Crippen LogP contribution in [0.5, 0.6) is 11.5 Å². The molecule has 1 saturated heterocycles. The van der Waals surface area contributed by atoms with E-state index in [9.17, 15) is 15.0 Å². The van der Waals surface area contributed by atoms with Crippen LogP contribution >= 0.6 is 0 Å². The van der Waals surface area contributed by atoms with E-state index in [-0.39, 0.29) is 41.2 Å². The largest absolute Gasteiger partial charge is 0.507 e. The van der Waals surface area contributed by atoms with Gasteiger partial charge in [-0.2, -0.15) is 0 Å². The molecule has 1 aliphatic rings. The van der Waals surface area contributed by atoms with Crippen molar-refractivity contribution in [2.45, 2.75) is 25.9 Å². The lowest BCUT2D eigenvalue weighted by Gasteiger charge is -2.36. The molecule has 4 nitrogen and oxygen atoms in total. The number of phenolic OH excluding ortho intramolecular Hbond substituents is 2. The average Bonchev–Trinajstić information content (AvgIpc) is 2.55. The molecular formula is C19H22NO3+. The highest BCUT2D eigenvalue weighted by atomic mass is 16.3. The second kappa shape index (κ2) is 6.05. The Morgan fingerprint density at radius 2 is 1.17 bits per heavy atom. The molecule has 0 spiro atoms. The van der Waals surface area contributed by atoms with Crippen molar-refractivity contribution in [1.82, 2.24) is 0 Å². The number of benzene rings is 2. The number of quaternary nitrogens is 1. The van der Waals surface area contributed by atoms with E-state index in [1.807, 2.05) is 38.1 Å². The van der Waals surface area contributed by atoms with Crippen molar-refractivity contribution in [3.8, 4) is 11.5 Å². The number of ketones is 1. The number of carbonyl (C=O) groups is 1. The number of nitrogens with two attached hydrogens (primary N) is 1. The molecule has 0 saturated carbocycles. The lowest BCUT2D eigenvalue weighted by Crippen LogP contribution is -2.91. The fourth-order valence-corrected chi connectivity index (χ4v) is 3.61. The van der Waals surface area contributed by atoms with E-state index in [0.717, 1.165) is 11.1 Å². The molecule has 0 bridgehead atoms. The standard InChI is InChI=1S/C19H21NO3/c1-11-17(13-7-3-5-9-15(13)21)20-18(12(2)19(11)23)14-8-4-6-10-16(14)22/h3-12,17-18,20-22H,1-2H3/p+1. The van der Waals surface area contributed by atoms with Gasteiger partial charge in [0.15, 0.2) is 5.78 Å². The average molecular weight is 312 g/mol. The van der Waals surface area contributed by atoms with Crippen molar-refractivity contribution in [2.75, 3.05) is 0 Å². The van der Waals surface area contributed by atoms with Crippen LogP contribution < -0.4 is 5.32 Å². The first kappa shape index (κ1) is 15.6. The molecule has 0 amide bonds. The quantitative estimate of drug-likeness (QED) is 0.796. The zero-order chi connectivity index (χ0) is 16.6. The first-order valence-corrected chi connectivity index (χ1v) is 7.95. The second-order valence-corrected chi connectivity index (χ2v) is 6.34. The number of hydrogen-bond donors (Lipinski definition) is 3. The number of Topliss-reactive ketones (excluding diaryl/α,β-unsaturated/α-hetero) is 1. The number of piperidine rings is 1. The van der Waals surface area contributed by atoms with E-state index in [0.29, 0.717) is 0 Å². The van der Waals surface area contributed by atoms with Gasteiger partial charge in [0.25, 0.3) is 0 Å². The molecule has 4 unspecified atom stereocenters. The van der Waals surface area contributed by atoms with Crippen LogP contribution in [0.1, 0.15) is 37.1 Å². The maximum atomic E-state index is 12.7. The highest BCUT2D eigenvalue weighted by Gasteiger charge is 2.45. The lowest BCUT2D eigenvalue weighted by molar-refractivity contribution is -0.748. The highest BCUT2D eigenvalue weighted by molar-refractivity contribution is 5.85. The van der Waals surface area contributed by atoms with Crippen molar-refractivity contribution >= 4 is 5.78 Å². The van der Waals surface area contributed by atoms with E-state index < -0.39 is 0 Å². The SMILES string of the molecule is CC1C(=O)C(C)C(c2ccccc2O)[NH2+]C1c1ccccc1O. The summed E-state index contributed by atoms with van der Waals surface area (Å²) >= 11 is 0. The van der Waals surface area contributed by atoms with Crippen molar-refractivity contribution in [3.63, 3.8) is 0 Å². The zero-order valence-corrected chi connectivity index (χ0v) is 13.3. The van der Waals surface area contributed by atoms with Crippen LogP contribution in [0, 0.1) is 11.8 Å². The van der Waals surface area contributed by atoms with E-state index in [1.54, 1.807) is 24.3 Å². The van der Waals surface area contributed by atoms with Gasteiger partial charge in [-0.05, 0) is 38.1 Å². The van der Waals surface area contributed by atoms with Crippen LogP contribution in [-0.4, -0.2) is 16.0 Å². The lowest BCUT2D eigenvalue weighted by atomic mass is 9.76. The molecule has 4 heteroatoms. The summed E-state index contributed by atoms with van der Waals surface area (Å²) in [6.07, 6.45) is 0. The third-order valence-electron chi connectivity index (χ3n) is 4.98. The third-order valence-corrected chi connectivity index (χ3v) is 4.98. The molecule has 2 aromatic rings. The minimum atomic E-state index is -0.194. The number of phenols is 2. The monoisotopic (exact) mass is 312 g/mol. The summed E-state index contributed by atoms with van der Waals surface area (Å²) in [6.45, 7) is 3.82. The van der Waals surface area contributed by atoms with Gasteiger partial charge in [-0.3, -0.25) is 4.79 Å². The smallest absolute Gasteiger partial charge is 0.151 e. The first-order chi connectivity index (χ1) is 11.0. The number of carbonyl (C=O) groups excluding carboxylic acids is 1. The van der Waals surface area contributed by atoms with Crippen LogP contribution in [-0.2, 0) is 4.79 Å². The summed E-state index contributed by atoms with van der Waals surface area (Å²) in [5, 5.41) is 22.4. The van der Waals surface area contributed by atoms with Gasteiger partial charge in [0.1, 0.15) is 23.6 Å². The Morgan fingerprint density at radius 3 is 1.57 bits per heavy atom. The molecule has 0 aromatic heterocycles. The number of para-hydroxylation sites is 2. The van der Waals surface area contributed by atoms with Gasteiger partial charge in [0, 0.05) is 0 Å². The van der Waals surface area contributed by atoms with E-state index >= 15 is 0 Å². The van der Waals surface area contributed by atoms with Crippen molar-refractivity contribution in [3.05, 3.63) is 59.7 Å². The van der Waals surface area contributed by atoms with Crippen LogP contribution in [0.3, 0.4) is 0 Å². The van der Waals surface area contributed by atoms with Crippen LogP contribution in [0.2, 0.25) is 0 Å². The topological polar surface area (TPSA) is 74.1 Å². The molecule has 23 heavy (non-hydrogen) atoms. The minimum Gasteiger partial charge on any atom is -0.507 e.